The molecule has 0 saturated heterocycles. The van der Waals surface area contributed by atoms with E-state index < -0.39 is 0 Å². The molecule has 110 valence electrons. The molecule has 0 atom stereocenters. The number of thioether (sulfide) groups is 1. The number of aromatic nitrogens is 3. The van der Waals surface area contributed by atoms with Crippen LogP contribution in [0.5, 0.6) is 0 Å². The summed E-state index contributed by atoms with van der Waals surface area (Å²) in [6, 6.07) is 8.40. The number of nitrogens with zero attached hydrogens (tertiary/aromatic N) is 3. The number of rotatable bonds is 5. The fourth-order valence-electron chi connectivity index (χ4n) is 2.63. The van der Waals surface area contributed by atoms with Crippen molar-refractivity contribution < 1.29 is 0 Å². The zero-order chi connectivity index (χ0) is 14.8. The summed E-state index contributed by atoms with van der Waals surface area (Å²) >= 11 is 1.84. The Morgan fingerprint density at radius 2 is 2.14 bits per heavy atom. The molecule has 0 fully saturated rings. The molecule has 0 aliphatic rings. The standard InChI is InChI=1S/C16H20N4S/c1-3-21-16-11-12(17)10-15-14(16)6-9-20(15)8-5-13-4-7-18-19(13)2/h4,6-7,9-11H,3,5,8,17H2,1-2H3. The number of nitrogens with two attached hydrogens (primary N) is 1. The number of fused-ring (bicyclic) bond motifs is 1. The van der Waals surface area contributed by atoms with E-state index in [9.17, 15) is 0 Å². The van der Waals surface area contributed by atoms with Crippen molar-refractivity contribution in [3.05, 3.63) is 42.4 Å². The average Bonchev–Trinajstić information content (AvgIpc) is 3.03. The molecule has 0 bridgehead atoms. The predicted molar refractivity (Wildman–Crippen MR) is 89.7 cm³/mol. The van der Waals surface area contributed by atoms with Gasteiger partial charge in [0.15, 0.2) is 0 Å². The second-order valence-electron chi connectivity index (χ2n) is 5.09. The SMILES string of the molecule is CCSc1cc(N)cc2c1ccn2CCc1ccnn1C. The Balaban J connectivity index is 1.91. The van der Waals surface area contributed by atoms with Gasteiger partial charge in [0.1, 0.15) is 0 Å². The Labute approximate surface area is 128 Å². The van der Waals surface area contributed by atoms with Gasteiger partial charge in [0, 0.05) is 54.1 Å². The fourth-order valence-corrected chi connectivity index (χ4v) is 3.49. The van der Waals surface area contributed by atoms with Crippen LogP contribution in [-0.2, 0) is 20.0 Å². The molecule has 2 heterocycles. The third kappa shape index (κ3) is 2.78. The molecule has 1 aromatic carbocycles. The van der Waals surface area contributed by atoms with Crippen molar-refractivity contribution in [2.24, 2.45) is 7.05 Å². The minimum Gasteiger partial charge on any atom is -0.399 e. The molecule has 3 aromatic rings. The highest BCUT2D eigenvalue weighted by atomic mass is 32.2. The number of benzene rings is 1. The van der Waals surface area contributed by atoms with E-state index in [4.69, 9.17) is 5.73 Å². The molecule has 21 heavy (non-hydrogen) atoms. The highest BCUT2D eigenvalue weighted by molar-refractivity contribution is 7.99. The van der Waals surface area contributed by atoms with Crippen LogP contribution >= 0.6 is 11.8 Å². The van der Waals surface area contributed by atoms with E-state index >= 15 is 0 Å². The van der Waals surface area contributed by atoms with Gasteiger partial charge in [0.25, 0.3) is 0 Å². The maximum Gasteiger partial charge on any atom is 0.0512 e. The third-order valence-corrected chi connectivity index (χ3v) is 4.64. The molecular formula is C16H20N4S. The normalized spacial score (nSPS) is 11.3. The Bertz CT molecular complexity index is 757. The molecule has 5 heteroatoms. The molecule has 0 aliphatic carbocycles. The number of nitrogen functional groups attached to an aromatic ring is 1. The van der Waals surface area contributed by atoms with E-state index in [1.54, 1.807) is 0 Å². The maximum atomic E-state index is 6.06. The summed E-state index contributed by atoms with van der Waals surface area (Å²) < 4.78 is 4.21. The monoisotopic (exact) mass is 300 g/mol. The molecule has 0 unspecified atom stereocenters. The molecule has 3 rings (SSSR count). The number of hydrogen-bond donors (Lipinski definition) is 1. The second kappa shape index (κ2) is 5.85. The van der Waals surface area contributed by atoms with Crippen LogP contribution in [-0.4, -0.2) is 20.1 Å². The van der Waals surface area contributed by atoms with Crippen molar-refractivity contribution in [1.82, 2.24) is 14.3 Å². The van der Waals surface area contributed by atoms with Crippen molar-refractivity contribution in [3.63, 3.8) is 0 Å². The van der Waals surface area contributed by atoms with Gasteiger partial charge in [-0.2, -0.15) is 5.10 Å². The number of aryl methyl sites for hydroxylation is 3. The van der Waals surface area contributed by atoms with Gasteiger partial charge in [0.05, 0.1) is 5.52 Å². The van der Waals surface area contributed by atoms with E-state index in [0.29, 0.717) is 0 Å². The van der Waals surface area contributed by atoms with Crippen LogP contribution in [0, 0.1) is 0 Å². The lowest BCUT2D eigenvalue weighted by Crippen LogP contribution is -2.04. The molecule has 0 radical (unpaired) electrons. The fraction of sp³-hybridized carbons (Fsp3) is 0.312. The van der Waals surface area contributed by atoms with Crippen LogP contribution in [0.15, 0.2) is 41.6 Å². The minimum atomic E-state index is 0.832. The predicted octanol–water partition coefficient (Wildman–Crippen LogP) is 3.31. The van der Waals surface area contributed by atoms with Gasteiger partial charge in [0.2, 0.25) is 0 Å². The molecule has 4 nitrogen and oxygen atoms in total. The van der Waals surface area contributed by atoms with E-state index in [1.807, 2.05) is 29.7 Å². The highest BCUT2D eigenvalue weighted by Gasteiger charge is 2.08. The number of hydrogen-bond acceptors (Lipinski definition) is 3. The maximum absolute atomic E-state index is 6.06. The van der Waals surface area contributed by atoms with Gasteiger partial charge in [-0.25, -0.2) is 0 Å². The molecule has 0 spiro atoms. The van der Waals surface area contributed by atoms with Gasteiger partial charge in [-0.3, -0.25) is 4.68 Å². The van der Waals surface area contributed by atoms with Crippen molar-refractivity contribution in [2.75, 3.05) is 11.5 Å². The Hall–Kier alpha value is -1.88. The molecule has 0 aliphatic heterocycles. The molecule has 0 saturated carbocycles. The largest absolute Gasteiger partial charge is 0.399 e. The van der Waals surface area contributed by atoms with Crippen molar-refractivity contribution in [3.8, 4) is 0 Å². The van der Waals surface area contributed by atoms with Crippen LogP contribution in [0.4, 0.5) is 5.69 Å². The quantitative estimate of drug-likeness (QED) is 0.581. The Morgan fingerprint density at radius 3 is 2.86 bits per heavy atom. The molecule has 2 aromatic heterocycles. The lowest BCUT2D eigenvalue weighted by Gasteiger charge is -2.08. The van der Waals surface area contributed by atoms with Gasteiger partial charge in [-0.05, 0) is 30.0 Å². The molecule has 0 amide bonds. The Kier molecular flexibility index (Phi) is 3.92. The molecular weight excluding hydrogens is 280 g/mol. The van der Waals surface area contributed by atoms with Crippen LogP contribution in [0.25, 0.3) is 10.9 Å². The summed E-state index contributed by atoms with van der Waals surface area (Å²) in [5.74, 6) is 1.05. The van der Waals surface area contributed by atoms with Gasteiger partial charge >= 0.3 is 0 Å². The smallest absolute Gasteiger partial charge is 0.0512 e. The van der Waals surface area contributed by atoms with E-state index in [1.165, 1.54) is 21.5 Å². The van der Waals surface area contributed by atoms with E-state index in [0.717, 1.165) is 24.4 Å². The van der Waals surface area contributed by atoms with Crippen molar-refractivity contribution >= 4 is 28.4 Å². The van der Waals surface area contributed by atoms with Gasteiger partial charge in [-0.1, -0.05) is 6.92 Å². The minimum absolute atomic E-state index is 0.832. The zero-order valence-electron chi connectivity index (χ0n) is 12.4. The lowest BCUT2D eigenvalue weighted by molar-refractivity contribution is 0.649. The summed E-state index contributed by atoms with van der Waals surface area (Å²) in [6.07, 6.45) is 4.96. The van der Waals surface area contributed by atoms with Crippen molar-refractivity contribution in [1.29, 1.82) is 0 Å². The van der Waals surface area contributed by atoms with Crippen LogP contribution in [0.1, 0.15) is 12.6 Å². The third-order valence-electron chi connectivity index (χ3n) is 3.70. The summed E-state index contributed by atoms with van der Waals surface area (Å²) in [4.78, 5) is 1.27. The first-order valence-electron chi connectivity index (χ1n) is 7.17. The summed E-state index contributed by atoms with van der Waals surface area (Å²) in [6.45, 7) is 3.10. The van der Waals surface area contributed by atoms with Crippen LogP contribution in [0.3, 0.4) is 0 Å². The van der Waals surface area contributed by atoms with Crippen molar-refractivity contribution in [2.45, 2.75) is 24.8 Å². The van der Waals surface area contributed by atoms with Crippen LogP contribution in [0.2, 0.25) is 0 Å². The summed E-state index contributed by atoms with van der Waals surface area (Å²) in [5, 5.41) is 5.51. The van der Waals surface area contributed by atoms with E-state index in [-0.39, 0.29) is 0 Å². The first-order chi connectivity index (χ1) is 10.2. The average molecular weight is 300 g/mol. The molecule has 2 N–H and O–H groups in total. The first kappa shape index (κ1) is 14.1. The first-order valence-corrected chi connectivity index (χ1v) is 8.15. The second-order valence-corrected chi connectivity index (χ2v) is 6.40. The number of anilines is 1. The zero-order valence-corrected chi connectivity index (χ0v) is 13.2. The van der Waals surface area contributed by atoms with E-state index in [2.05, 4.69) is 47.1 Å². The lowest BCUT2D eigenvalue weighted by atomic mass is 10.2. The topological polar surface area (TPSA) is 48.8 Å². The summed E-state index contributed by atoms with van der Waals surface area (Å²) in [5.41, 5.74) is 9.35. The van der Waals surface area contributed by atoms with Gasteiger partial charge in [-0.15, -0.1) is 11.8 Å². The summed E-state index contributed by atoms with van der Waals surface area (Å²) in [7, 11) is 1.98. The van der Waals surface area contributed by atoms with Gasteiger partial charge < -0.3 is 10.3 Å². The Morgan fingerprint density at radius 1 is 1.29 bits per heavy atom. The highest BCUT2D eigenvalue weighted by Crippen LogP contribution is 2.31. The van der Waals surface area contributed by atoms with Crippen LogP contribution < -0.4 is 5.73 Å².